The van der Waals surface area contributed by atoms with Crippen LogP contribution in [-0.2, 0) is 0 Å². The van der Waals surface area contributed by atoms with Gasteiger partial charge in [-0.25, -0.2) is 0 Å². The molecule has 1 N–H and O–H groups in total. The zero-order valence-corrected chi connectivity index (χ0v) is 5.09. The molecule has 2 rings (SSSR count). The minimum atomic E-state index is 1.10. The molecular formula is C6H8N3. The van der Waals surface area contributed by atoms with Gasteiger partial charge in [-0.3, -0.25) is 5.10 Å². The van der Waals surface area contributed by atoms with Gasteiger partial charge in [0.1, 0.15) is 6.20 Å². The minimum absolute atomic E-state index is 1.10. The number of nitrogens with zero attached hydrogens (tertiary/aromatic N) is 2. The van der Waals surface area contributed by atoms with Crippen molar-refractivity contribution >= 4 is 5.69 Å². The molecule has 1 fully saturated rings. The molecule has 0 atom stereocenters. The van der Waals surface area contributed by atoms with Crippen LogP contribution in [0.15, 0.2) is 6.20 Å². The zero-order chi connectivity index (χ0) is 6.10. The summed E-state index contributed by atoms with van der Waals surface area (Å²) in [4.78, 5) is 2.24. The van der Waals surface area contributed by atoms with E-state index < -0.39 is 0 Å². The summed E-state index contributed by atoms with van der Waals surface area (Å²) in [5.74, 6) is 0. The third-order valence-corrected chi connectivity index (χ3v) is 1.63. The molecule has 1 radical (unpaired) electrons. The van der Waals surface area contributed by atoms with Gasteiger partial charge < -0.3 is 4.90 Å². The summed E-state index contributed by atoms with van der Waals surface area (Å²) in [7, 11) is 0. The molecule has 0 aromatic carbocycles. The molecule has 1 aromatic rings. The molecule has 1 aliphatic rings. The van der Waals surface area contributed by atoms with Gasteiger partial charge in [-0.15, -0.1) is 0 Å². The number of hydrogen-bond acceptors (Lipinski definition) is 2. The van der Waals surface area contributed by atoms with Crippen molar-refractivity contribution in [2.75, 3.05) is 18.0 Å². The Morgan fingerprint density at radius 2 is 2.56 bits per heavy atom. The molecule has 3 nitrogen and oxygen atoms in total. The Morgan fingerprint density at radius 1 is 1.67 bits per heavy atom. The summed E-state index contributed by atoms with van der Waals surface area (Å²) in [6, 6.07) is 0. The van der Waals surface area contributed by atoms with Crippen LogP contribution in [0, 0.1) is 6.20 Å². The number of aromatic amines is 1. The molecule has 0 bridgehead atoms. The van der Waals surface area contributed by atoms with E-state index in [2.05, 4.69) is 21.3 Å². The third kappa shape index (κ3) is 0.686. The first kappa shape index (κ1) is 4.85. The van der Waals surface area contributed by atoms with Gasteiger partial charge in [-0.05, 0) is 6.42 Å². The Bertz CT molecular complexity index is 176. The fourth-order valence-corrected chi connectivity index (χ4v) is 0.934. The molecule has 0 saturated carbocycles. The minimum Gasteiger partial charge on any atom is -0.368 e. The highest BCUT2D eigenvalue weighted by atomic mass is 15.2. The number of hydrogen-bond donors (Lipinski definition) is 1. The number of H-pyrrole nitrogens is 1. The summed E-state index contributed by atoms with van der Waals surface area (Å²) in [6.45, 7) is 2.33. The fourth-order valence-electron chi connectivity index (χ4n) is 0.934. The first-order valence-electron chi connectivity index (χ1n) is 3.13. The van der Waals surface area contributed by atoms with Gasteiger partial charge in [0.05, 0.1) is 5.69 Å². The Hall–Kier alpha value is -0.990. The molecule has 2 heterocycles. The van der Waals surface area contributed by atoms with Crippen LogP contribution in [0.5, 0.6) is 0 Å². The number of nitrogens with one attached hydrogen (secondary N) is 1. The lowest BCUT2D eigenvalue weighted by molar-refractivity contribution is 0.617. The molecule has 47 valence electrons. The van der Waals surface area contributed by atoms with Crippen molar-refractivity contribution in [3.05, 3.63) is 12.4 Å². The predicted octanol–water partition coefficient (Wildman–Crippen LogP) is 0.420. The summed E-state index contributed by atoms with van der Waals surface area (Å²) < 4.78 is 0. The van der Waals surface area contributed by atoms with Crippen molar-refractivity contribution in [3.8, 4) is 0 Å². The molecular weight excluding hydrogens is 114 g/mol. The lowest BCUT2D eigenvalue weighted by atomic mass is 10.2. The Labute approximate surface area is 53.7 Å². The van der Waals surface area contributed by atoms with Crippen LogP contribution in [0.2, 0.25) is 0 Å². The zero-order valence-electron chi connectivity index (χ0n) is 5.09. The largest absolute Gasteiger partial charge is 0.368 e. The summed E-state index contributed by atoms with van der Waals surface area (Å²) in [6.07, 6.45) is 6.04. The molecule has 1 saturated heterocycles. The van der Waals surface area contributed by atoms with Crippen molar-refractivity contribution < 1.29 is 0 Å². The highest BCUT2D eigenvalue weighted by molar-refractivity contribution is 5.42. The highest BCUT2D eigenvalue weighted by Gasteiger charge is 2.14. The second-order valence-electron chi connectivity index (χ2n) is 2.22. The van der Waals surface area contributed by atoms with Crippen LogP contribution in [-0.4, -0.2) is 23.3 Å². The van der Waals surface area contributed by atoms with E-state index in [4.69, 9.17) is 0 Å². The van der Waals surface area contributed by atoms with Gasteiger partial charge in [0, 0.05) is 19.3 Å². The average molecular weight is 122 g/mol. The summed E-state index contributed by atoms with van der Waals surface area (Å²) in [5, 5.41) is 6.47. The molecule has 0 unspecified atom stereocenters. The second-order valence-corrected chi connectivity index (χ2v) is 2.22. The van der Waals surface area contributed by atoms with Crippen molar-refractivity contribution in [1.82, 2.24) is 10.2 Å². The van der Waals surface area contributed by atoms with Gasteiger partial charge in [0.15, 0.2) is 0 Å². The molecule has 3 heteroatoms. The normalized spacial score (nSPS) is 17.6. The Kier molecular flexibility index (Phi) is 0.946. The van der Waals surface area contributed by atoms with E-state index in [1.807, 2.05) is 6.20 Å². The van der Waals surface area contributed by atoms with Crippen LogP contribution in [0.4, 0.5) is 5.69 Å². The maximum absolute atomic E-state index is 3.73. The van der Waals surface area contributed by atoms with Gasteiger partial charge in [-0.1, -0.05) is 0 Å². The van der Waals surface area contributed by atoms with Gasteiger partial charge in [0.25, 0.3) is 0 Å². The van der Waals surface area contributed by atoms with E-state index in [1.54, 1.807) is 0 Å². The predicted molar refractivity (Wildman–Crippen MR) is 34.3 cm³/mol. The second kappa shape index (κ2) is 1.76. The molecule has 1 aromatic heterocycles. The van der Waals surface area contributed by atoms with Crippen LogP contribution in [0.25, 0.3) is 0 Å². The first-order valence-corrected chi connectivity index (χ1v) is 3.13. The van der Waals surface area contributed by atoms with Crippen LogP contribution in [0.3, 0.4) is 0 Å². The van der Waals surface area contributed by atoms with Crippen LogP contribution in [0.1, 0.15) is 6.42 Å². The molecule has 9 heavy (non-hydrogen) atoms. The molecule has 0 amide bonds. The van der Waals surface area contributed by atoms with Crippen LogP contribution < -0.4 is 4.90 Å². The fraction of sp³-hybridized carbons (Fsp3) is 0.500. The van der Waals surface area contributed by atoms with E-state index in [-0.39, 0.29) is 0 Å². The lowest BCUT2D eigenvalue weighted by Crippen LogP contribution is -2.36. The van der Waals surface area contributed by atoms with Gasteiger partial charge in [-0.2, -0.15) is 5.10 Å². The van der Waals surface area contributed by atoms with E-state index in [0.717, 1.165) is 18.8 Å². The third-order valence-electron chi connectivity index (χ3n) is 1.63. The van der Waals surface area contributed by atoms with Gasteiger partial charge >= 0.3 is 0 Å². The average Bonchev–Trinajstić information content (AvgIpc) is 2.11. The monoisotopic (exact) mass is 122 g/mol. The van der Waals surface area contributed by atoms with E-state index >= 15 is 0 Å². The number of anilines is 1. The molecule has 0 spiro atoms. The van der Waals surface area contributed by atoms with Crippen molar-refractivity contribution in [1.29, 1.82) is 0 Å². The SMILES string of the molecule is [c]1n[nH]cc1N1CCC1. The Balaban J connectivity index is 2.14. The first-order chi connectivity index (χ1) is 4.47. The number of rotatable bonds is 1. The summed E-state index contributed by atoms with van der Waals surface area (Å²) in [5.41, 5.74) is 1.10. The highest BCUT2D eigenvalue weighted by Crippen LogP contribution is 2.16. The summed E-state index contributed by atoms with van der Waals surface area (Å²) >= 11 is 0. The smallest absolute Gasteiger partial charge is 0.138 e. The Morgan fingerprint density at radius 3 is 3.00 bits per heavy atom. The number of aromatic nitrogens is 2. The van der Waals surface area contributed by atoms with Crippen molar-refractivity contribution in [2.24, 2.45) is 0 Å². The maximum Gasteiger partial charge on any atom is 0.138 e. The van der Waals surface area contributed by atoms with Gasteiger partial charge in [0.2, 0.25) is 0 Å². The van der Waals surface area contributed by atoms with Crippen molar-refractivity contribution in [3.63, 3.8) is 0 Å². The topological polar surface area (TPSA) is 31.9 Å². The van der Waals surface area contributed by atoms with E-state index in [1.165, 1.54) is 6.42 Å². The van der Waals surface area contributed by atoms with E-state index in [9.17, 15) is 0 Å². The van der Waals surface area contributed by atoms with E-state index in [0.29, 0.717) is 0 Å². The quantitative estimate of drug-likeness (QED) is 0.585. The van der Waals surface area contributed by atoms with Crippen LogP contribution >= 0.6 is 0 Å². The van der Waals surface area contributed by atoms with Crippen molar-refractivity contribution in [2.45, 2.75) is 6.42 Å². The standard InChI is InChI=1S/C6H8N3/c1-2-9(3-1)6-4-7-8-5-6/h4H,1-3H2,(H,7,8). The maximum atomic E-state index is 3.73. The molecule has 0 aliphatic carbocycles. The molecule has 1 aliphatic heterocycles. The lowest BCUT2D eigenvalue weighted by Gasteiger charge is -2.31.